The van der Waals surface area contributed by atoms with Crippen molar-refractivity contribution in [1.29, 1.82) is 0 Å². The average molecular weight is 125 g/mol. The van der Waals surface area contributed by atoms with Gasteiger partial charge in [0.25, 0.3) is 0 Å². The Labute approximate surface area is 57.1 Å². The molecule has 0 aromatic carbocycles. The molecule has 1 atom stereocenters. The summed E-state index contributed by atoms with van der Waals surface area (Å²) in [6.07, 6.45) is 7.10. The van der Waals surface area contributed by atoms with E-state index >= 15 is 0 Å². The summed E-state index contributed by atoms with van der Waals surface area (Å²) in [6.45, 7) is 4.58. The van der Waals surface area contributed by atoms with Crippen LogP contribution >= 0.6 is 0 Å². The average Bonchev–Trinajstić information content (AvgIpc) is 2.34. The van der Waals surface area contributed by atoms with Gasteiger partial charge in [-0.05, 0) is 25.3 Å². The van der Waals surface area contributed by atoms with E-state index in [-0.39, 0.29) is 0 Å². The maximum atomic E-state index is 3.33. The number of allylic oxidation sites excluding steroid dienone is 1. The van der Waals surface area contributed by atoms with E-state index in [0.29, 0.717) is 0 Å². The highest BCUT2D eigenvalue weighted by molar-refractivity contribution is 4.91. The minimum Gasteiger partial charge on any atom is -0.316 e. The van der Waals surface area contributed by atoms with E-state index in [2.05, 4.69) is 24.4 Å². The van der Waals surface area contributed by atoms with Crippen LogP contribution in [0.4, 0.5) is 0 Å². The molecular formula is C8H15N. The first-order chi connectivity index (χ1) is 4.43. The van der Waals surface area contributed by atoms with Crippen molar-refractivity contribution in [3.63, 3.8) is 0 Å². The van der Waals surface area contributed by atoms with Gasteiger partial charge in [-0.15, -0.1) is 0 Å². The van der Waals surface area contributed by atoms with Gasteiger partial charge in [-0.1, -0.05) is 19.1 Å². The van der Waals surface area contributed by atoms with Crippen molar-refractivity contribution in [2.45, 2.75) is 19.8 Å². The molecule has 1 heterocycles. The third-order valence-corrected chi connectivity index (χ3v) is 1.74. The molecule has 1 heteroatoms. The summed E-state index contributed by atoms with van der Waals surface area (Å²) < 4.78 is 0. The lowest BCUT2D eigenvalue weighted by Gasteiger charge is -1.96. The molecule has 1 fully saturated rings. The third-order valence-electron chi connectivity index (χ3n) is 1.74. The molecule has 0 bridgehead atoms. The Morgan fingerprint density at radius 2 is 2.56 bits per heavy atom. The highest BCUT2D eigenvalue weighted by Gasteiger charge is 2.09. The van der Waals surface area contributed by atoms with Crippen molar-refractivity contribution in [3.8, 4) is 0 Å². The zero-order valence-corrected chi connectivity index (χ0v) is 6.06. The predicted molar refractivity (Wildman–Crippen MR) is 40.4 cm³/mol. The summed E-state index contributed by atoms with van der Waals surface area (Å²) in [5, 5.41) is 3.33. The van der Waals surface area contributed by atoms with E-state index in [4.69, 9.17) is 0 Å². The van der Waals surface area contributed by atoms with Crippen molar-refractivity contribution in [3.05, 3.63) is 12.2 Å². The molecule has 1 aliphatic rings. The lowest BCUT2D eigenvalue weighted by atomic mass is 10.1. The van der Waals surface area contributed by atoms with E-state index in [0.717, 1.165) is 5.92 Å². The molecule has 52 valence electrons. The Balaban J connectivity index is 2.18. The predicted octanol–water partition coefficient (Wildman–Crippen LogP) is 1.56. The van der Waals surface area contributed by atoms with E-state index < -0.39 is 0 Å². The SMILES string of the molecule is CC/C=C/C1CCNC1. The Morgan fingerprint density at radius 1 is 1.67 bits per heavy atom. The van der Waals surface area contributed by atoms with Crippen molar-refractivity contribution in [2.24, 2.45) is 5.92 Å². The molecule has 1 rings (SSSR count). The normalized spacial score (nSPS) is 27.9. The van der Waals surface area contributed by atoms with Gasteiger partial charge in [-0.25, -0.2) is 0 Å². The smallest absolute Gasteiger partial charge is 0.00146 e. The Hall–Kier alpha value is -0.300. The van der Waals surface area contributed by atoms with Gasteiger partial charge in [0.2, 0.25) is 0 Å². The zero-order chi connectivity index (χ0) is 6.53. The third kappa shape index (κ3) is 2.19. The van der Waals surface area contributed by atoms with Crippen molar-refractivity contribution < 1.29 is 0 Å². The van der Waals surface area contributed by atoms with Gasteiger partial charge in [-0.2, -0.15) is 0 Å². The molecule has 1 nitrogen and oxygen atoms in total. The highest BCUT2D eigenvalue weighted by atomic mass is 14.9. The van der Waals surface area contributed by atoms with Crippen LogP contribution in [-0.4, -0.2) is 13.1 Å². The molecule has 0 spiro atoms. The van der Waals surface area contributed by atoms with Crippen LogP contribution in [0.2, 0.25) is 0 Å². The molecule has 0 saturated carbocycles. The molecule has 0 aliphatic carbocycles. The molecule has 9 heavy (non-hydrogen) atoms. The molecule has 1 N–H and O–H groups in total. The second kappa shape index (κ2) is 3.67. The minimum atomic E-state index is 0.824. The van der Waals surface area contributed by atoms with Crippen LogP contribution < -0.4 is 5.32 Å². The van der Waals surface area contributed by atoms with Crippen LogP contribution in [-0.2, 0) is 0 Å². The van der Waals surface area contributed by atoms with E-state index in [1.807, 2.05) is 0 Å². The highest BCUT2D eigenvalue weighted by Crippen LogP contribution is 2.08. The number of rotatable bonds is 2. The van der Waals surface area contributed by atoms with Gasteiger partial charge < -0.3 is 5.32 Å². The molecule has 1 saturated heterocycles. The standard InChI is InChI=1S/C8H15N/c1-2-3-4-8-5-6-9-7-8/h3-4,8-9H,2,5-7H2,1H3/b4-3+. The van der Waals surface area contributed by atoms with Crippen LogP contribution in [0, 0.1) is 5.92 Å². The largest absolute Gasteiger partial charge is 0.316 e. The van der Waals surface area contributed by atoms with Gasteiger partial charge in [0.05, 0.1) is 0 Å². The lowest BCUT2D eigenvalue weighted by Crippen LogP contribution is -2.07. The van der Waals surface area contributed by atoms with Crippen LogP contribution in [0.15, 0.2) is 12.2 Å². The number of nitrogens with one attached hydrogen (secondary N) is 1. The van der Waals surface area contributed by atoms with E-state index in [1.165, 1.54) is 25.9 Å². The molecular weight excluding hydrogens is 110 g/mol. The van der Waals surface area contributed by atoms with Gasteiger partial charge in [0, 0.05) is 6.54 Å². The minimum absolute atomic E-state index is 0.824. The summed E-state index contributed by atoms with van der Waals surface area (Å²) in [4.78, 5) is 0. The van der Waals surface area contributed by atoms with Crippen LogP contribution in [0.1, 0.15) is 19.8 Å². The fourth-order valence-corrected chi connectivity index (χ4v) is 1.17. The second-order valence-corrected chi connectivity index (χ2v) is 2.59. The van der Waals surface area contributed by atoms with Crippen molar-refractivity contribution >= 4 is 0 Å². The summed E-state index contributed by atoms with van der Waals surface area (Å²) >= 11 is 0. The van der Waals surface area contributed by atoms with Crippen molar-refractivity contribution in [1.82, 2.24) is 5.32 Å². The number of hydrogen-bond donors (Lipinski definition) is 1. The monoisotopic (exact) mass is 125 g/mol. The topological polar surface area (TPSA) is 12.0 Å². The molecule has 0 radical (unpaired) electrons. The molecule has 1 unspecified atom stereocenters. The molecule has 0 aromatic rings. The zero-order valence-electron chi connectivity index (χ0n) is 6.06. The summed E-state index contributed by atoms with van der Waals surface area (Å²) in [5.41, 5.74) is 0. The van der Waals surface area contributed by atoms with E-state index in [1.54, 1.807) is 0 Å². The Bertz CT molecular complexity index is 90.7. The van der Waals surface area contributed by atoms with Gasteiger partial charge in [-0.3, -0.25) is 0 Å². The summed E-state index contributed by atoms with van der Waals surface area (Å²) in [5.74, 6) is 0.824. The van der Waals surface area contributed by atoms with Crippen molar-refractivity contribution in [2.75, 3.05) is 13.1 Å². The second-order valence-electron chi connectivity index (χ2n) is 2.59. The van der Waals surface area contributed by atoms with Gasteiger partial charge in [0.15, 0.2) is 0 Å². The lowest BCUT2D eigenvalue weighted by molar-refractivity contribution is 0.725. The van der Waals surface area contributed by atoms with Gasteiger partial charge in [0.1, 0.15) is 0 Å². The fourth-order valence-electron chi connectivity index (χ4n) is 1.17. The molecule has 0 aromatic heterocycles. The maximum Gasteiger partial charge on any atom is 0.00146 e. The summed E-state index contributed by atoms with van der Waals surface area (Å²) in [6, 6.07) is 0. The summed E-state index contributed by atoms with van der Waals surface area (Å²) in [7, 11) is 0. The Morgan fingerprint density at radius 3 is 3.11 bits per heavy atom. The first kappa shape index (κ1) is 6.81. The van der Waals surface area contributed by atoms with Crippen LogP contribution in [0.3, 0.4) is 0 Å². The first-order valence-corrected chi connectivity index (χ1v) is 3.81. The van der Waals surface area contributed by atoms with E-state index in [9.17, 15) is 0 Å². The number of hydrogen-bond acceptors (Lipinski definition) is 1. The fraction of sp³-hybridized carbons (Fsp3) is 0.750. The maximum absolute atomic E-state index is 3.33. The van der Waals surface area contributed by atoms with Crippen LogP contribution in [0.25, 0.3) is 0 Å². The first-order valence-electron chi connectivity index (χ1n) is 3.81. The quantitative estimate of drug-likeness (QED) is 0.552. The van der Waals surface area contributed by atoms with Gasteiger partial charge >= 0.3 is 0 Å². The van der Waals surface area contributed by atoms with Crippen LogP contribution in [0.5, 0.6) is 0 Å². The molecule has 1 aliphatic heterocycles. The molecule has 0 amide bonds. The Kier molecular flexibility index (Phi) is 2.78.